The van der Waals surface area contributed by atoms with Crippen LogP contribution >= 0.6 is 15.9 Å². The summed E-state index contributed by atoms with van der Waals surface area (Å²) in [5.74, 6) is 0.340. The van der Waals surface area contributed by atoms with Crippen molar-refractivity contribution in [2.45, 2.75) is 25.7 Å². The molecular weight excluding hydrogens is 440 g/mol. The van der Waals surface area contributed by atoms with Gasteiger partial charge in [0.2, 0.25) is 0 Å². The predicted molar refractivity (Wildman–Crippen MR) is 134 cm³/mol. The second kappa shape index (κ2) is 7.35. The molecule has 1 heteroatoms. The summed E-state index contributed by atoms with van der Waals surface area (Å²) in [5, 5.41) is 0. The Balaban J connectivity index is 1.54. The Hall–Kier alpha value is -2.90. The summed E-state index contributed by atoms with van der Waals surface area (Å²) in [6.07, 6.45) is 4.55. The Labute approximate surface area is 192 Å². The predicted octanol–water partition coefficient (Wildman–Crippen LogP) is 8.63. The standard InChI is InChI=1S/C30H23Br/c1-2-19-17-27-23(24-11-5-6-16-29(24)31)13-8-15-25(27)30(19)26-14-7-12-22-21-10-4-3-9-20(21)18-28(22)26/h3-17,30H,2,18H2,1H3. The zero-order valence-electron chi connectivity index (χ0n) is 17.5. The molecule has 1 atom stereocenters. The minimum atomic E-state index is 0.340. The Morgan fingerprint density at radius 1 is 0.710 bits per heavy atom. The van der Waals surface area contributed by atoms with Crippen LogP contribution in [0.1, 0.15) is 47.1 Å². The number of hydrogen-bond donors (Lipinski definition) is 0. The van der Waals surface area contributed by atoms with Crippen LogP contribution < -0.4 is 0 Å². The largest absolute Gasteiger partial charge is 0.0619 e. The molecule has 0 radical (unpaired) electrons. The molecule has 0 amide bonds. The highest BCUT2D eigenvalue weighted by atomic mass is 79.9. The summed E-state index contributed by atoms with van der Waals surface area (Å²) < 4.78 is 1.15. The van der Waals surface area contributed by atoms with E-state index in [1.54, 1.807) is 0 Å². The topological polar surface area (TPSA) is 0 Å². The van der Waals surface area contributed by atoms with Crippen LogP contribution in [0.25, 0.3) is 28.3 Å². The molecule has 0 spiro atoms. The second-order valence-corrected chi connectivity index (χ2v) is 9.36. The summed E-state index contributed by atoms with van der Waals surface area (Å²) >= 11 is 3.77. The Morgan fingerprint density at radius 2 is 1.39 bits per heavy atom. The van der Waals surface area contributed by atoms with Crippen molar-refractivity contribution in [1.82, 2.24) is 0 Å². The highest BCUT2D eigenvalue weighted by molar-refractivity contribution is 9.10. The molecule has 0 saturated heterocycles. The summed E-state index contributed by atoms with van der Waals surface area (Å²) in [5.41, 5.74) is 14.2. The van der Waals surface area contributed by atoms with Crippen molar-refractivity contribution in [2.75, 3.05) is 0 Å². The zero-order valence-corrected chi connectivity index (χ0v) is 19.1. The van der Waals surface area contributed by atoms with Gasteiger partial charge >= 0.3 is 0 Å². The molecule has 2 aliphatic rings. The molecule has 0 N–H and O–H groups in total. The van der Waals surface area contributed by atoms with Gasteiger partial charge in [-0.1, -0.05) is 113 Å². The van der Waals surface area contributed by atoms with Crippen molar-refractivity contribution in [3.05, 3.63) is 123 Å². The van der Waals surface area contributed by atoms with Gasteiger partial charge in [0.15, 0.2) is 0 Å². The van der Waals surface area contributed by atoms with E-state index in [2.05, 4.69) is 114 Å². The van der Waals surface area contributed by atoms with E-state index in [-0.39, 0.29) is 0 Å². The average Bonchev–Trinajstić information content (AvgIpc) is 3.37. The van der Waals surface area contributed by atoms with Gasteiger partial charge in [-0.2, -0.15) is 0 Å². The average molecular weight is 463 g/mol. The molecular formula is C30H23Br. The molecule has 150 valence electrons. The first-order chi connectivity index (χ1) is 15.3. The minimum Gasteiger partial charge on any atom is -0.0619 e. The number of hydrogen-bond acceptors (Lipinski definition) is 0. The van der Waals surface area contributed by atoms with Gasteiger partial charge in [-0.15, -0.1) is 0 Å². The van der Waals surface area contributed by atoms with E-state index < -0.39 is 0 Å². The van der Waals surface area contributed by atoms with Crippen LogP contribution in [0.4, 0.5) is 0 Å². The monoisotopic (exact) mass is 462 g/mol. The van der Waals surface area contributed by atoms with E-state index in [9.17, 15) is 0 Å². The van der Waals surface area contributed by atoms with Crippen molar-refractivity contribution < 1.29 is 0 Å². The van der Waals surface area contributed by atoms with Crippen LogP contribution in [0.3, 0.4) is 0 Å². The first-order valence-electron chi connectivity index (χ1n) is 11.0. The Kier molecular flexibility index (Phi) is 4.47. The van der Waals surface area contributed by atoms with Crippen molar-refractivity contribution in [3.8, 4) is 22.3 Å². The zero-order chi connectivity index (χ0) is 20.9. The maximum Gasteiger partial charge on any atom is 0.0311 e. The smallest absolute Gasteiger partial charge is 0.0311 e. The Morgan fingerprint density at radius 3 is 2.19 bits per heavy atom. The highest BCUT2D eigenvalue weighted by Crippen LogP contribution is 2.50. The number of fused-ring (bicyclic) bond motifs is 4. The van der Waals surface area contributed by atoms with Crippen LogP contribution in [0.15, 0.2) is 95.0 Å². The molecule has 2 aliphatic carbocycles. The molecule has 0 aromatic heterocycles. The van der Waals surface area contributed by atoms with Crippen LogP contribution in [0.5, 0.6) is 0 Å². The molecule has 0 fully saturated rings. The van der Waals surface area contributed by atoms with Crippen LogP contribution in [0, 0.1) is 0 Å². The van der Waals surface area contributed by atoms with E-state index in [1.165, 1.54) is 55.6 Å². The van der Waals surface area contributed by atoms with Crippen molar-refractivity contribution in [2.24, 2.45) is 0 Å². The first kappa shape index (κ1) is 18.8. The van der Waals surface area contributed by atoms with E-state index in [0.717, 1.165) is 17.3 Å². The molecule has 6 rings (SSSR count). The normalized spacial score (nSPS) is 15.9. The molecule has 0 saturated carbocycles. The lowest BCUT2D eigenvalue weighted by atomic mass is 9.82. The fraction of sp³-hybridized carbons (Fsp3) is 0.133. The molecule has 0 heterocycles. The summed E-state index contributed by atoms with van der Waals surface area (Å²) in [7, 11) is 0. The van der Waals surface area contributed by atoms with Gasteiger partial charge < -0.3 is 0 Å². The number of rotatable bonds is 3. The van der Waals surface area contributed by atoms with Gasteiger partial charge in [-0.3, -0.25) is 0 Å². The third kappa shape index (κ3) is 2.87. The number of benzene rings is 4. The third-order valence-electron chi connectivity index (χ3n) is 6.92. The highest BCUT2D eigenvalue weighted by Gasteiger charge is 2.31. The van der Waals surface area contributed by atoms with E-state index in [0.29, 0.717) is 5.92 Å². The molecule has 0 nitrogen and oxygen atoms in total. The summed E-state index contributed by atoms with van der Waals surface area (Å²) in [6.45, 7) is 2.29. The Bertz CT molecular complexity index is 1360. The lowest BCUT2D eigenvalue weighted by Gasteiger charge is -2.21. The number of allylic oxidation sites excluding steroid dienone is 1. The molecule has 31 heavy (non-hydrogen) atoms. The van der Waals surface area contributed by atoms with Crippen molar-refractivity contribution in [1.29, 1.82) is 0 Å². The van der Waals surface area contributed by atoms with E-state index in [4.69, 9.17) is 0 Å². The number of halogens is 1. The van der Waals surface area contributed by atoms with Gasteiger partial charge in [0.25, 0.3) is 0 Å². The quantitative estimate of drug-likeness (QED) is 0.251. The molecule has 0 aliphatic heterocycles. The minimum absolute atomic E-state index is 0.340. The lowest BCUT2D eigenvalue weighted by Crippen LogP contribution is -2.05. The van der Waals surface area contributed by atoms with Crippen molar-refractivity contribution >= 4 is 22.0 Å². The summed E-state index contributed by atoms with van der Waals surface area (Å²) in [4.78, 5) is 0. The molecule has 1 unspecified atom stereocenters. The lowest BCUT2D eigenvalue weighted by molar-refractivity contribution is 0.895. The maximum absolute atomic E-state index is 3.77. The van der Waals surface area contributed by atoms with Crippen LogP contribution in [0.2, 0.25) is 0 Å². The maximum atomic E-state index is 3.77. The summed E-state index contributed by atoms with van der Waals surface area (Å²) in [6, 6.07) is 31.2. The van der Waals surface area contributed by atoms with Gasteiger partial charge in [0.05, 0.1) is 0 Å². The van der Waals surface area contributed by atoms with Crippen LogP contribution in [-0.2, 0) is 6.42 Å². The fourth-order valence-corrected chi connectivity index (χ4v) is 6.00. The van der Waals surface area contributed by atoms with Crippen molar-refractivity contribution in [3.63, 3.8) is 0 Å². The SMILES string of the molecule is CCC1=Cc2c(-c3ccccc3Br)cccc2C1c1cccc2c1Cc1ccccc1-2. The molecule has 4 aromatic rings. The van der Waals surface area contributed by atoms with Gasteiger partial charge in [0, 0.05) is 10.4 Å². The van der Waals surface area contributed by atoms with Gasteiger partial charge in [-0.05, 0) is 69.0 Å². The molecule has 0 bridgehead atoms. The second-order valence-electron chi connectivity index (χ2n) is 8.50. The van der Waals surface area contributed by atoms with Crippen LogP contribution in [-0.4, -0.2) is 0 Å². The third-order valence-corrected chi connectivity index (χ3v) is 7.61. The van der Waals surface area contributed by atoms with E-state index in [1.807, 2.05) is 0 Å². The van der Waals surface area contributed by atoms with Gasteiger partial charge in [0.1, 0.15) is 0 Å². The first-order valence-corrected chi connectivity index (χ1v) is 11.8. The van der Waals surface area contributed by atoms with Gasteiger partial charge in [-0.25, -0.2) is 0 Å². The van der Waals surface area contributed by atoms with E-state index >= 15 is 0 Å². The molecule has 4 aromatic carbocycles. The fourth-order valence-electron chi connectivity index (χ4n) is 5.50.